The van der Waals surface area contributed by atoms with Crippen LogP contribution >= 0.6 is 11.3 Å². The van der Waals surface area contributed by atoms with Crippen LogP contribution in [0.2, 0.25) is 0 Å². The summed E-state index contributed by atoms with van der Waals surface area (Å²) in [5.74, 6) is -0.250. The molecule has 4 rings (SSSR count). The Bertz CT molecular complexity index is 1130. The van der Waals surface area contributed by atoms with Crippen molar-refractivity contribution in [1.82, 2.24) is 25.6 Å². The van der Waals surface area contributed by atoms with E-state index >= 15 is 0 Å². The van der Waals surface area contributed by atoms with Crippen molar-refractivity contribution in [1.29, 1.82) is 0 Å². The van der Waals surface area contributed by atoms with Crippen molar-refractivity contribution < 1.29 is 14.5 Å². The first-order valence-electron chi connectivity index (χ1n) is 12.2. The van der Waals surface area contributed by atoms with Crippen LogP contribution in [0, 0.1) is 10.1 Å². The minimum atomic E-state index is -0.549. The Hall–Kier alpha value is -3.54. The molecule has 0 saturated carbocycles. The predicted molar refractivity (Wildman–Crippen MR) is 137 cm³/mol. The molecule has 2 aliphatic rings. The van der Waals surface area contributed by atoms with Gasteiger partial charge in [0.05, 0.1) is 9.93 Å². The maximum Gasteiger partial charge on any atom is 0.317 e. The average molecular weight is 514 g/mol. The minimum Gasteiger partial charge on any atom is -0.338 e. The first kappa shape index (κ1) is 25.5. The molecule has 3 amide bonds. The number of hydrogen-bond acceptors (Lipinski definition) is 8. The summed E-state index contributed by atoms with van der Waals surface area (Å²) in [7, 11) is 1.49. The highest BCUT2D eigenvalue weighted by Gasteiger charge is 2.27. The molecule has 3 heterocycles. The highest BCUT2D eigenvalue weighted by molar-refractivity contribution is 7.09. The van der Waals surface area contributed by atoms with Crippen molar-refractivity contribution in [3.63, 3.8) is 0 Å². The van der Waals surface area contributed by atoms with Gasteiger partial charge in [-0.1, -0.05) is 11.6 Å². The molecule has 0 aromatic carbocycles. The molecule has 11 nitrogen and oxygen atoms in total. The van der Waals surface area contributed by atoms with Crippen LogP contribution in [-0.2, 0) is 0 Å². The number of hydrazine groups is 1. The number of anilines is 1. The van der Waals surface area contributed by atoms with Crippen molar-refractivity contribution in [2.24, 2.45) is 0 Å². The van der Waals surface area contributed by atoms with Crippen LogP contribution in [0.4, 0.5) is 16.3 Å². The Kier molecular flexibility index (Phi) is 8.47. The number of thiazole rings is 1. The van der Waals surface area contributed by atoms with Crippen molar-refractivity contribution in [3.05, 3.63) is 56.2 Å². The minimum absolute atomic E-state index is 0.0179. The fraction of sp³-hybridized carbons (Fsp3) is 0.500. The molecule has 192 valence electrons. The number of aromatic nitrogens is 2. The Morgan fingerprint density at radius 3 is 2.83 bits per heavy atom. The molecule has 2 aromatic heterocycles. The van der Waals surface area contributed by atoms with Gasteiger partial charge in [0.1, 0.15) is 5.69 Å². The summed E-state index contributed by atoms with van der Waals surface area (Å²) in [6, 6.07) is 2.77. The lowest BCUT2D eigenvalue weighted by molar-refractivity contribution is -0.384. The third-order valence-electron chi connectivity index (χ3n) is 6.54. The molecular formula is C24H31N7O4S. The lowest BCUT2D eigenvalue weighted by atomic mass is 9.97. The summed E-state index contributed by atoms with van der Waals surface area (Å²) in [6.07, 6.45) is 11.0. The Morgan fingerprint density at radius 1 is 1.31 bits per heavy atom. The largest absolute Gasteiger partial charge is 0.338 e. The summed E-state index contributed by atoms with van der Waals surface area (Å²) in [5.41, 5.74) is 4.09. The van der Waals surface area contributed by atoms with Crippen molar-refractivity contribution in [3.8, 4) is 0 Å². The van der Waals surface area contributed by atoms with Gasteiger partial charge in [0.25, 0.3) is 5.91 Å². The smallest absolute Gasteiger partial charge is 0.317 e. The van der Waals surface area contributed by atoms with E-state index in [9.17, 15) is 19.7 Å². The zero-order valence-corrected chi connectivity index (χ0v) is 21.1. The second-order valence-corrected chi connectivity index (χ2v) is 9.92. The van der Waals surface area contributed by atoms with E-state index in [0.717, 1.165) is 37.1 Å². The molecule has 1 aliphatic carbocycles. The molecule has 0 bridgehead atoms. The van der Waals surface area contributed by atoms with Crippen molar-refractivity contribution in [2.45, 2.75) is 50.9 Å². The molecule has 1 saturated heterocycles. The van der Waals surface area contributed by atoms with Crippen molar-refractivity contribution >= 4 is 34.8 Å². The van der Waals surface area contributed by atoms with Gasteiger partial charge in [-0.05, 0) is 51.0 Å². The Labute approximate surface area is 213 Å². The standard InChI is InChI=1S/C24H31N7O4S/c1-29(21-20(31(34)35)8-5-12-25-21)28-22(32)19-16-36-23(27-19)18-10-14-30(15-11-18)24(33)26-13-9-17-6-3-2-4-7-17/h5-6,8,12,16,18H,2-4,7,9-11,13-15H2,1H3,(H,26,33)(H,28,32). The first-order valence-corrected chi connectivity index (χ1v) is 13.1. The molecular weight excluding hydrogens is 482 g/mol. The van der Waals surface area contributed by atoms with E-state index in [2.05, 4.69) is 26.8 Å². The van der Waals surface area contributed by atoms with Gasteiger partial charge in [0.2, 0.25) is 5.82 Å². The quantitative estimate of drug-likeness (QED) is 0.309. The van der Waals surface area contributed by atoms with E-state index in [0.29, 0.717) is 19.6 Å². The summed E-state index contributed by atoms with van der Waals surface area (Å²) in [6.45, 7) is 1.96. The number of nitrogens with one attached hydrogen (secondary N) is 2. The van der Waals surface area contributed by atoms with Gasteiger partial charge in [-0.2, -0.15) is 0 Å². The molecule has 1 fully saturated rings. The maximum absolute atomic E-state index is 12.7. The summed E-state index contributed by atoms with van der Waals surface area (Å²) in [5, 5.41) is 18.0. The summed E-state index contributed by atoms with van der Waals surface area (Å²) in [4.78, 5) is 46.3. The summed E-state index contributed by atoms with van der Waals surface area (Å²) < 4.78 is 0. The van der Waals surface area contributed by atoms with Gasteiger partial charge in [-0.3, -0.25) is 25.3 Å². The first-order chi connectivity index (χ1) is 17.4. The van der Waals surface area contributed by atoms with E-state index in [4.69, 9.17) is 0 Å². The number of amides is 3. The van der Waals surface area contributed by atoms with E-state index in [1.54, 1.807) is 5.38 Å². The number of carbonyl (C=O) groups excluding carboxylic acids is 2. The zero-order chi connectivity index (χ0) is 25.5. The third kappa shape index (κ3) is 6.36. The number of pyridine rings is 1. The maximum atomic E-state index is 12.7. The molecule has 0 spiro atoms. The fourth-order valence-electron chi connectivity index (χ4n) is 4.53. The van der Waals surface area contributed by atoms with E-state index in [-0.39, 0.29) is 29.1 Å². The molecule has 12 heteroatoms. The highest BCUT2D eigenvalue weighted by atomic mass is 32.1. The van der Waals surface area contributed by atoms with E-state index in [1.165, 1.54) is 60.1 Å². The van der Waals surface area contributed by atoms with Crippen LogP contribution in [0.15, 0.2) is 35.4 Å². The van der Waals surface area contributed by atoms with E-state index in [1.807, 2.05) is 4.90 Å². The number of hydrogen-bond donors (Lipinski definition) is 2. The monoisotopic (exact) mass is 513 g/mol. The normalized spacial score (nSPS) is 16.2. The molecule has 0 atom stereocenters. The third-order valence-corrected chi connectivity index (χ3v) is 7.55. The van der Waals surface area contributed by atoms with Gasteiger partial charge >= 0.3 is 11.7 Å². The Balaban J connectivity index is 1.25. The van der Waals surface area contributed by atoms with Gasteiger partial charge in [0.15, 0.2) is 0 Å². The van der Waals surface area contributed by atoms with Gasteiger partial charge in [-0.15, -0.1) is 11.3 Å². The number of likely N-dealkylation sites (tertiary alicyclic amines) is 1. The SMILES string of the molecule is CN(NC(=O)c1csc(C2CCN(C(=O)NCCC3=CCCCC3)CC2)n1)c1ncccc1[N+](=O)[O-]. The second-order valence-electron chi connectivity index (χ2n) is 9.03. The number of nitrogens with zero attached hydrogens (tertiary/aromatic N) is 5. The van der Waals surface area contributed by atoms with E-state index < -0.39 is 10.8 Å². The van der Waals surface area contributed by atoms with Crippen LogP contribution in [0.3, 0.4) is 0 Å². The van der Waals surface area contributed by atoms with Gasteiger partial charge < -0.3 is 10.2 Å². The second kappa shape index (κ2) is 11.9. The van der Waals surface area contributed by atoms with Crippen LogP contribution in [0.25, 0.3) is 0 Å². The number of nitro groups is 1. The molecule has 36 heavy (non-hydrogen) atoms. The van der Waals surface area contributed by atoms with Gasteiger partial charge in [-0.25, -0.2) is 14.8 Å². The Morgan fingerprint density at radius 2 is 2.11 bits per heavy atom. The summed E-state index contributed by atoms with van der Waals surface area (Å²) >= 11 is 1.42. The molecule has 0 radical (unpaired) electrons. The van der Waals surface area contributed by atoms with Crippen LogP contribution in [-0.4, -0.2) is 58.4 Å². The predicted octanol–water partition coefficient (Wildman–Crippen LogP) is 4.01. The molecule has 2 N–H and O–H groups in total. The zero-order valence-electron chi connectivity index (χ0n) is 20.3. The molecule has 2 aromatic rings. The number of rotatable bonds is 8. The number of carbonyl (C=O) groups is 2. The average Bonchev–Trinajstić information content (AvgIpc) is 3.40. The lowest BCUT2D eigenvalue weighted by Gasteiger charge is -2.31. The van der Waals surface area contributed by atoms with Gasteiger partial charge in [0, 0.05) is 50.2 Å². The van der Waals surface area contributed by atoms with Crippen molar-refractivity contribution in [2.75, 3.05) is 31.7 Å². The number of allylic oxidation sites excluding steroid dienone is 1. The molecule has 0 unspecified atom stereocenters. The van der Waals surface area contributed by atoms with Crippen LogP contribution in [0.5, 0.6) is 0 Å². The molecule has 1 aliphatic heterocycles. The van der Waals surface area contributed by atoms with Crippen LogP contribution < -0.4 is 15.8 Å². The number of urea groups is 1. The lowest BCUT2D eigenvalue weighted by Crippen LogP contribution is -2.44. The van der Waals surface area contributed by atoms with Crippen LogP contribution in [0.1, 0.15) is 66.4 Å². The number of piperidine rings is 1. The topological polar surface area (TPSA) is 134 Å². The fourth-order valence-corrected chi connectivity index (χ4v) is 5.51. The highest BCUT2D eigenvalue weighted by Crippen LogP contribution is 2.30.